The van der Waals surface area contributed by atoms with Gasteiger partial charge in [0.15, 0.2) is 17.3 Å². The van der Waals surface area contributed by atoms with Crippen LogP contribution in [0.15, 0.2) is 83.8 Å². The highest BCUT2D eigenvalue weighted by Crippen LogP contribution is 2.43. The zero-order chi connectivity index (χ0) is 44.9. The molecule has 3 amide bonds. The van der Waals surface area contributed by atoms with E-state index >= 15 is 4.39 Å². The van der Waals surface area contributed by atoms with Crippen LogP contribution >= 0.6 is 0 Å². The molecule has 1 spiro atoms. The summed E-state index contributed by atoms with van der Waals surface area (Å²) < 4.78 is 19.2. The fourth-order valence-corrected chi connectivity index (χ4v) is 10.4. The Balaban J connectivity index is 0.739. The van der Waals surface area contributed by atoms with Gasteiger partial charge in [-0.1, -0.05) is 24.3 Å². The molecule has 5 aromatic rings. The fourth-order valence-electron chi connectivity index (χ4n) is 10.4. The first kappa shape index (κ1) is 42.5. The van der Waals surface area contributed by atoms with E-state index in [4.69, 9.17) is 9.97 Å². The molecular formula is C48H54FN11O5. The number of benzene rings is 2. The highest BCUT2D eigenvalue weighted by atomic mass is 19.1. The van der Waals surface area contributed by atoms with Gasteiger partial charge in [0.25, 0.3) is 11.5 Å². The molecule has 4 fully saturated rings. The molecule has 1 unspecified atom stereocenters. The number of rotatable bonds is 7. The first-order valence-corrected chi connectivity index (χ1v) is 22.8. The maximum atomic E-state index is 15.8. The number of amides is 3. The number of likely N-dealkylation sites (tertiary alicyclic amines) is 1. The van der Waals surface area contributed by atoms with E-state index in [1.165, 1.54) is 6.07 Å². The average molecular weight is 884 g/mol. The molecule has 5 aliphatic heterocycles. The van der Waals surface area contributed by atoms with Crippen molar-refractivity contribution in [3.8, 4) is 5.82 Å². The second-order valence-corrected chi connectivity index (χ2v) is 18.5. The van der Waals surface area contributed by atoms with Gasteiger partial charge in [-0.2, -0.15) is 4.98 Å². The fraction of sp³-hybridized carbons (Fsp3) is 0.438. The predicted octanol–water partition coefficient (Wildman–Crippen LogP) is 4.91. The maximum Gasteiger partial charge on any atom is 0.278 e. The van der Waals surface area contributed by atoms with Crippen molar-refractivity contribution in [3.63, 3.8) is 0 Å². The Kier molecular flexibility index (Phi) is 11.2. The average Bonchev–Trinajstić information content (AvgIpc) is 3.84. The van der Waals surface area contributed by atoms with Gasteiger partial charge in [-0.25, -0.2) is 23.7 Å². The van der Waals surface area contributed by atoms with Crippen LogP contribution in [-0.4, -0.2) is 103 Å². The van der Waals surface area contributed by atoms with E-state index in [9.17, 15) is 24.3 Å². The molecule has 2 bridgehead atoms. The minimum Gasteiger partial charge on any atom is -0.384 e. The van der Waals surface area contributed by atoms with Crippen molar-refractivity contribution in [2.45, 2.75) is 88.9 Å². The standard InChI is InChI=1S/C48H54FN11O5/c1-47(65)19-3-2-4-23-59-45(64)35-29-50-46(55-42(35)60(59)39-10-6-9-38(47)53-39)51-31-11-13-32(14-12-31)56-24-17-33(18-25-56)58-28-22-48(30-58)20-26-57(27-21-48)37-8-5-7-34(41(37)49)43(62)52-36-15-16-40(61)54-44(36)63/h2,4-14,29,33,36,65H,3,15-28,30H2,1H3,(H,52,62)(H,50,51,55)(H,54,61,63)/b4-2-/t36?,47-/m1/s1. The number of aliphatic hydroxyl groups is 1. The summed E-state index contributed by atoms with van der Waals surface area (Å²) in [5.41, 5.74) is 2.07. The van der Waals surface area contributed by atoms with Gasteiger partial charge in [-0.15, -0.1) is 0 Å². The molecule has 5 aliphatic rings. The number of anilines is 4. The van der Waals surface area contributed by atoms with E-state index in [2.05, 4.69) is 42.9 Å². The molecule has 10 rings (SSSR count). The third kappa shape index (κ3) is 8.38. The van der Waals surface area contributed by atoms with Crippen molar-refractivity contribution in [3.05, 3.63) is 106 Å². The van der Waals surface area contributed by atoms with Gasteiger partial charge in [0.05, 0.1) is 23.5 Å². The van der Waals surface area contributed by atoms with Crippen LogP contribution < -0.4 is 31.3 Å². The second kappa shape index (κ2) is 17.2. The molecule has 8 heterocycles. The number of hydrogen-bond acceptors (Lipinski definition) is 12. The van der Waals surface area contributed by atoms with Gasteiger partial charge >= 0.3 is 0 Å². The zero-order valence-electron chi connectivity index (χ0n) is 36.5. The molecule has 2 atom stereocenters. The molecule has 65 heavy (non-hydrogen) atoms. The second-order valence-electron chi connectivity index (χ2n) is 18.5. The Morgan fingerprint density at radius 1 is 0.877 bits per heavy atom. The molecule has 338 valence electrons. The number of imide groups is 1. The van der Waals surface area contributed by atoms with Gasteiger partial charge in [-0.05, 0) is 119 Å². The Morgan fingerprint density at radius 3 is 2.43 bits per heavy atom. The lowest BCUT2D eigenvalue weighted by Crippen LogP contribution is -2.52. The summed E-state index contributed by atoms with van der Waals surface area (Å²) in [6.45, 7) is 7.51. The number of pyridine rings is 1. The van der Waals surface area contributed by atoms with Crippen molar-refractivity contribution in [2.75, 3.05) is 54.4 Å². The third-order valence-corrected chi connectivity index (χ3v) is 14.3. The topological polar surface area (TPSA) is 183 Å². The number of nitrogens with zero attached hydrogens (tertiary/aromatic N) is 8. The lowest BCUT2D eigenvalue weighted by molar-refractivity contribution is -0.134. The van der Waals surface area contributed by atoms with Crippen molar-refractivity contribution >= 4 is 51.8 Å². The molecule has 4 N–H and O–H groups in total. The lowest BCUT2D eigenvalue weighted by atomic mass is 9.77. The summed E-state index contributed by atoms with van der Waals surface area (Å²) in [5, 5.41) is 19.7. The van der Waals surface area contributed by atoms with Gasteiger partial charge in [0, 0.05) is 62.8 Å². The van der Waals surface area contributed by atoms with Crippen LogP contribution in [0.4, 0.5) is 27.4 Å². The molecule has 4 saturated heterocycles. The van der Waals surface area contributed by atoms with Crippen molar-refractivity contribution in [1.82, 2.24) is 39.8 Å². The van der Waals surface area contributed by atoms with Crippen LogP contribution in [0.5, 0.6) is 0 Å². The molecule has 0 radical (unpaired) electrons. The Labute approximate surface area is 375 Å². The number of nitrogens with one attached hydrogen (secondary N) is 3. The predicted molar refractivity (Wildman–Crippen MR) is 244 cm³/mol. The number of fused-ring (bicyclic) bond motifs is 6. The van der Waals surface area contributed by atoms with Gasteiger partial charge in [0.2, 0.25) is 17.8 Å². The largest absolute Gasteiger partial charge is 0.384 e. The van der Waals surface area contributed by atoms with E-state index < -0.39 is 29.3 Å². The van der Waals surface area contributed by atoms with Crippen LogP contribution in [-0.2, 0) is 21.7 Å². The summed E-state index contributed by atoms with van der Waals surface area (Å²) in [4.78, 5) is 71.6. The van der Waals surface area contributed by atoms with Crippen LogP contribution in [0.2, 0.25) is 0 Å². The van der Waals surface area contributed by atoms with Crippen molar-refractivity contribution < 1.29 is 23.9 Å². The van der Waals surface area contributed by atoms with Crippen LogP contribution in [0.25, 0.3) is 16.9 Å². The summed E-state index contributed by atoms with van der Waals surface area (Å²) in [5.74, 6) is -1.35. The van der Waals surface area contributed by atoms with Crippen LogP contribution in [0.1, 0.15) is 80.8 Å². The number of carbonyl (C=O) groups excluding carboxylic acids is 3. The Morgan fingerprint density at radius 2 is 1.65 bits per heavy atom. The third-order valence-electron chi connectivity index (χ3n) is 14.3. The molecule has 17 heteroatoms. The molecule has 2 aromatic carbocycles. The van der Waals surface area contributed by atoms with E-state index in [1.807, 2.05) is 41.3 Å². The number of hydrogen-bond donors (Lipinski definition) is 4. The van der Waals surface area contributed by atoms with Gasteiger partial charge < -0.3 is 25.5 Å². The lowest BCUT2D eigenvalue weighted by Gasteiger charge is -2.42. The molecule has 3 aromatic heterocycles. The summed E-state index contributed by atoms with van der Waals surface area (Å²) >= 11 is 0. The number of aromatic nitrogens is 5. The monoisotopic (exact) mass is 883 g/mol. The van der Waals surface area contributed by atoms with E-state index in [-0.39, 0.29) is 35.3 Å². The molecule has 0 saturated carbocycles. The number of allylic oxidation sites excluding steroid dienone is 2. The Bertz CT molecular complexity index is 2730. The van der Waals surface area contributed by atoms with E-state index in [0.717, 1.165) is 69.7 Å². The smallest absolute Gasteiger partial charge is 0.278 e. The molecule has 0 aliphatic carbocycles. The number of halogens is 1. The first-order chi connectivity index (χ1) is 31.4. The van der Waals surface area contributed by atoms with E-state index in [1.54, 1.807) is 40.7 Å². The van der Waals surface area contributed by atoms with Crippen molar-refractivity contribution in [1.29, 1.82) is 0 Å². The minimum absolute atomic E-state index is 0.102. The van der Waals surface area contributed by atoms with Crippen LogP contribution in [0, 0.1) is 11.2 Å². The number of piperidine rings is 3. The molecule has 16 nitrogen and oxygen atoms in total. The normalized spacial score (nSPS) is 23.2. The quantitative estimate of drug-likeness (QED) is 0.128. The highest BCUT2D eigenvalue weighted by Gasteiger charge is 2.43. The SMILES string of the molecule is C[C@@]1(O)CC/C=C\Cn2c(=O)c3cnc(Nc4ccc(N5CCC(N6CCC7(CCN(c8cccc(C(=O)NC9CCC(=O)NC9=O)c8F)CC7)C6)CC5)cc4)nc3n2-c2cccc1n2. The zero-order valence-corrected chi connectivity index (χ0v) is 36.5. The summed E-state index contributed by atoms with van der Waals surface area (Å²) in [7, 11) is 0. The van der Waals surface area contributed by atoms with Crippen molar-refractivity contribution in [2.24, 2.45) is 5.41 Å². The Hall–Kier alpha value is -6.46. The first-order valence-electron chi connectivity index (χ1n) is 22.8. The maximum absolute atomic E-state index is 15.8. The summed E-state index contributed by atoms with van der Waals surface area (Å²) in [6.07, 6.45) is 12.1. The summed E-state index contributed by atoms with van der Waals surface area (Å²) in [6, 6.07) is 18.2. The minimum atomic E-state index is -1.13. The highest BCUT2D eigenvalue weighted by molar-refractivity contribution is 6.04. The van der Waals surface area contributed by atoms with Gasteiger partial charge in [0.1, 0.15) is 17.0 Å². The van der Waals surface area contributed by atoms with Gasteiger partial charge in [-0.3, -0.25) is 29.4 Å². The van der Waals surface area contributed by atoms with Crippen LogP contribution in [0.3, 0.4) is 0 Å². The molecular weight excluding hydrogens is 830 g/mol. The van der Waals surface area contributed by atoms with E-state index in [0.29, 0.717) is 72.7 Å². The number of carbonyl (C=O) groups is 3.